The van der Waals surface area contributed by atoms with Crippen molar-refractivity contribution in [2.45, 2.75) is 17.9 Å². The Balaban J connectivity index is 1.89. The lowest BCUT2D eigenvalue weighted by molar-refractivity contribution is -0.118. The molecular weight excluding hydrogens is 387 g/mol. The van der Waals surface area contributed by atoms with E-state index in [0.29, 0.717) is 9.33 Å². The lowest BCUT2D eigenvalue weighted by Crippen LogP contribution is -2.45. The molecule has 0 aliphatic carbocycles. The quantitative estimate of drug-likeness (QED) is 0.860. The van der Waals surface area contributed by atoms with E-state index in [-0.39, 0.29) is 21.2 Å². The monoisotopic (exact) mass is 398 g/mol. The minimum atomic E-state index is -4.08. The van der Waals surface area contributed by atoms with E-state index in [2.05, 4.69) is 5.32 Å². The van der Waals surface area contributed by atoms with Gasteiger partial charge in [0.05, 0.1) is 16.3 Å². The molecule has 2 amide bonds. The minimum absolute atomic E-state index is 0.0478. The van der Waals surface area contributed by atoms with Gasteiger partial charge in [0.15, 0.2) is 0 Å². The molecule has 6 nitrogen and oxygen atoms in total. The molecule has 1 aliphatic rings. The van der Waals surface area contributed by atoms with Crippen LogP contribution in [0.1, 0.15) is 17.3 Å². The van der Waals surface area contributed by atoms with Gasteiger partial charge < -0.3 is 5.32 Å². The predicted molar refractivity (Wildman–Crippen MR) is 94.4 cm³/mol. The van der Waals surface area contributed by atoms with E-state index >= 15 is 0 Å². The van der Waals surface area contributed by atoms with Crippen molar-refractivity contribution in [2.24, 2.45) is 0 Å². The molecule has 0 radical (unpaired) electrons. The molecule has 1 N–H and O–H groups in total. The van der Waals surface area contributed by atoms with Gasteiger partial charge in [-0.15, -0.1) is 0 Å². The van der Waals surface area contributed by atoms with Gasteiger partial charge in [-0.2, -0.15) is 0 Å². The van der Waals surface area contributed by atoms with Crippen molar-refractivity contribution in [3.05, 3.63) is 58.1 Å². The van der Waals surface area contributed by atoms with E-state index < -0.39 is 27.9 Å². The molecule has 9 heteroatoms. The van der Waals surface area contributed by atoms with Gasteiger partial charge in [0.2, 0.25) is 5.91 Å². The fourth-order valence-electron chi connectivity index (χ4n) is 2.52. The Morgan fingerprint density at radius 1 is 1.16 bits per heavy atom. The summed E-state index contributed by atoms with van der Waals surface area (Å²) >= 11 is 11.8. The van der Waals surface area contributed by atoms with Crippen LogP contribution in [-0.4, -0.2) is 30.6 Å². The lowest BCUT2D eigenvalue weighted by atomic mass is 10.2. The second-order valence-electron chi connectivity index (χ2n) is 5.39. The lowest BCUT2D eigenvalue weighted by Gasteiger charge is -2.22. The molecule has 0 saturated heterocycles. The molecule has 0 unspecified atom stereocenters. The molecule has 1 aliphatic heterocycles. The Kier molecular flexibility index (Phi) is 4.49. The average Bonchev–Trinajstić information content (AvgIpc) is 2.76. The van der Waals surface area contributed by atoms with E-state index in [1.165, 1.54) is 43.3 Å². The van der Waals surface area contributed by atoms with Crippen molar-refractivity contribution in [2.75, 3.05) is 5.32 Å². The summed E-state index contributed by atoms with van der Waals surface area (Å²) in [6, 6.07) is 9.04. The standard InChI is InChI=1S/C16H12Cl2N2O4S/c1-9(15(21)19-13-7-6-10(17)8-12(13)18)20-16(22)11-4-2-3-5-14(11)25(20,23)24/h2-9H,1H3,(H,19,21)/t9-/m0/s1. The van der Waals surface area contributed by atoms with Crippen molar-refractivity contribution >= 4 is 50.7 Å². The van der Waals surface area contributed by atoms with Gasteiger partial charge in [0, 0.05) is 5.02 Å². The Morgan fingerprint density at radius 3 is 2.48 bits per heavy atom. The number of nitrogens with zero attached hydrogens (tertiary/aromatic N) is 1. The van der Waals surface area contributed by atoms with Crippen LogP contribution in [-0.2, 0) is 14.8 Å². The fraction of sp³-hybridized carbons (Fsp3) is 0.125. The number of sulfonamides is 1. The third-order valence-corrected chi connectivity index (χ3v) is 6.23. The van der Waals surface area contributed by atoms with Crippen molar-refractivity contribution < 1.29 is 18.0 Å². The Morgan fingerprint density at radius 2 is 1.84 bits per heavy atom. The predicted octanol–water partition coefficient (Wildman–Crippen LogP) is 3.17. The number of halogens is 2. The largest absolute Gasteiger partial charge is 0.323 e. The van der Waals surface area contributed by atoms with Crippen molar-refractivity contribution in [3.8, 4) is 0 Å². The van der Waals surface area contributed by atoms with Gasteiger partial charge in [-0.1, -0.05) is 35.3 Å². The molecule has 25 heavy (non-hydrogen) atoms. The van der Waals surface area contributed by atoms with Crippen LogP contribution in [0.3, 0.4) is 0 Å². The summed E-state index contributed by atoms with van der Waals surface area (Å²) < 4.78 is 25.8. The van der Waals surface area contributed by atoms with Gasteiger partial charge in [-0.3, -0.25) is 9.59 Å². The summed E-state index contributed by atoms with van der Waals surface area (Å²) in [4.78, 5) is 24.8. The van der Waals surface area contributed by atoms with Gasteiger partial charge in [-0.05, 0) is 37.3 Å². The molecule has 1 heterocycles. The SMILES string of the molecule is C[C@@H](C(=O)Nc1ccc(Cl)cc1Cl)N1C(=O)c2ccccc2S1(=O)=O. The molecule has 0 bridgehead atoms. The first kappa shape index (κ1) is 17.7. The Bertz CT molecular complexity index is 991. The fourth-order valence-corrected chi connectivity index (χ4v) is 4.70. The van der Waals surface area contributed by atoms with Crippen LogP contribution in [0.5, 0.6) is 0 Å². The number of carbonyl (C=O) groups excluding carboxylic acids is 2. The Labute approximate surface area is 154 Å². The molecule has 0 aromatic heterocycles. The zero-order valence-electron chi connectivity index (χ0n) is 12.9. The van der Waals surface area contributed by atoms with E-state index in [0.717, 1.165) is 0 Å². The molecule has 2 aromatic rings. The van der Waals surface area contributed by atoms with E-state index in [1.54, 1.807) is 6.07 Å². The maximum absolute atomic E-state index is 12.6. The summed E-state index contributed by atoms with van der Waals surface area (Å²) in [5, 5.41) is 3.10. The molecule has 2 aromatic carbocycles. The summed E-state index contributed by atoms with van der Waals surface area (Å²) in [5.41, 5.74) is 0.316. The van der Waals surface area contributed by atoms with E-state index in [9.17, 15) is 18.0 Å². The highest BCUT2D eigenvalue weighted by Gasteiger charge is 2.45. The third-order valence-electron chi connectivity index (χ3n) is 3.77. The second-order valence-corrected chi connectivity index (χ2v) is 8.02. The average molecular weight is 399 g/mol. The third kappa shape index (κ3) is 2.99. The summed E-state index contributed by atoms with van der Waals surface area (Å²) in [7, 11) is -4.08. The topological polar surface area (TPSA) is 83.6 Å². The summed E-state index contributed by atoms with van der Waals surface area (Å²) in [6.07, 6.45) is 0. The molecule has 1 atom stereocenters. The van der Waals surface area contributed by atoms with Gasteiger partial charge in [0.1, 0.15) is 10.9 Å². The van der Waals surface area contributed by atoms with Gasteiger partial charge in [0.25, 0.3) is 15.9 Å². The number of amides is 2. The maximum atomic E-state index is 12.6. The van der Waals surface area contributed by atoms with Crippen LogP contribution >= 0.6 is 23.2 Å². The number of fused-ring (bicyclic) bond motifs is 1. The van der Waals surface area contributed by atoms with Crippen LogP contribution in [0.2, 0.25) is 10.0 Å². The number of rotatable bonds is 3. The minimum Gasteiger partial charge on any atom is -0.323 e. The van der Waals surface area contributed by atoms with Crippen LogP contribution in [0.15, 0.2) is 47.4 Å². The second kappa shape index (κ2) is 6.33. The van der Waals surface area contributed by atoms with E-state index in [4.69, 9.17) is 23.2 Å². The zero-order chi connectivity index (χ0) is 18.4. The zero-order valence-corrected chi connectivity index (χ0v) is 15.2. The number of carbonyl (C=O) groups is 2. The number of nitrogens with one attached hydrogen (secondary N) is 1. The Hall–Kier alpha value is -2.09. The van der Waals surface area contributed by atoms with Crippen molar-refractivity contribution in [1.82, 2.24) is 4.31 Å². The van der Waals surface area contributed by atoms with Crippen molar-refractivity contribution in [1.29, 1.82) is 0 Å². The summed E-state index contributed by atoms with van der Waals surface area (Å²) in [6.45, 7) is 1.33. The number of hydrogen-bond donors (Lipinski definition) is 1. The first-order chi connectivity index (χ1) is 11.7. The normalized spacial score (nSPS) is 16.4. The molecule has 130 valence electrons. The number of hydrogen-bond acceptors (Lipinski definition) is 4. The van der Waals surface area contributed by atoms with Crippen LogP contribution in [0.4, 0.5) is 5.69 Å². The highest BCUT2D eigenvalue weighted by atomic mass is 35.5. The van der Waals surface area contributed by atoms with Crippen LogP contribution in [0.25, 0.3) is 0 Å². The highest BCUT2D eigenvalue weighted by Crippen LogP contribution is 2.32. The first-order valence-electron chi connectivity index (χ1n) is 7.17. The van der Waals surface area contributed by atoms with Gasteiger partial charge >= 0.3 is 0 Å². The number of anilines is 1. The van der Waals surface area contributed by atoms with E-state index in [1.807, 2.05) is 0 Å². The highest BCUT2D eigenvalue weighted by molar-refractivity contribution is 7.90. The van der Waals surface area contributed by atoms with Crippen LogP contribution < -0.4 is 5.32 Å². The molecule has 0 fully saturated rings. The molecule has 0 spiro atoms. The molecule has 0 saturated carbocycles. The first-order valence-corrected chi connectivity index (χ1v) is 9.37. The maximum Gasteiger partial charge on any atom is 0.269 e. The molecular formula is C16H12Cl2N2O4S. The van der Waals surface area contributed by atoms with Gasteiger partial charge in [-0.25, -0.2) is 12.7 Å². The number of benzene rings is 2. The summed E-state index contributed by atoms with van der Waals surface area (Å²) in [5.74, 6) is -1.42. The van der Waals surface area contributed by atoms with Crippen LogP contribution in [0, 0.1) is 0 Å². The smallest absolute Gasteiger partial charge is 0.269 e. The molecule has 3 rings (SSSR count). The van der Waals surface area contributed by atoms with Crippen molar-refractivity contribution in [3.63, 3.8) is 0 Å².